The van der Waals surface area contributed by atoms with Crippen LogP contribution >= 0.6 is 0 Å². The van der Waals surface area contributed by atoms with Crippen LogP contribution in [0.4, 0.5) is 0 Å². The normalized spacial score (nSPS) is 13.1. The average molecular weight is 288 g/mol. The number of carbonyl (C=O) groups is 4. The van der Waals surface area contributed by atoms with Gasteiger partial charge in [0.05, 0.1) is 0 Å². The smallest absolute Gasteiger partial charge is 0.325 e. The largest absolute Gasteiger partial charge is 0.480 e. The van der Waals surface area contributed by atoms with Gasteiger partial charge in [0.1, 0.15) is 12.1 Å². The molecule has 0 aromatic rings. The minimum Gasteiger partial charge on any atom is -0.480 e. The van der Waals surface area contributed by atoms with Crippen molar-refractivity contribution in [2.24, 2.45) is 0 Å². The van der Waals surface area contributed by atoms with E-state index >= 15 is 0 Å². The first-order valence-electron chi connectivity index (χ1n) is 6.28. The summed E-state index contributed by atoms with van der Waals surface area (Å²) >= 11 is 0. The molecule has 0 rings (SSSR count). The molecule has 8 heteroatoms. The van der Waals surface area contributed by atoms with E-state index < -0.39 is 24.0 Å². The molecule has 2 unspecified atom stereocenters. The number of nitrogens with one attached hydrogen (secondary N) is 2. The molecule has 0 bridgehead atoms. The number of carboxylic acids is 2. The van der Waals surface area contributed by atoms with Crippen molar-refractivity contribution in [3.8, 4) is 0 Å². The first kappa shape index (κ1) is 17.9. The fourth-order valence-corrected chi connectivity index (χ4v) is 1.32. The Morgan fingerprint density at radius 2 is 1.10 bits per heavy atom. The van der Waals surface area contributed by atoms with Gasteiger partial charge in [0.2, 0.25) is 11.8 Å². The molecule has 0 aromatic heterocycles. The topological polar surface area (TPSA) is 133 Å². The highest BCUT2D eigenvalue weighted by Gasteiger charge is 2.15. The molecular weight excluding hydrogens is 268 g/mol. The lowest BCUT2D eigenvalue weighted by molar-refractivity contribution is -0.141. The van der Waals surface area contributed by atoms with E-state index in [1.807, 2.05) is 0 Å². The van der Waals surface area contributed by atoms with Crippen LogP contribution in [0.3, 0.4) is 0 Å². The van der Waals surface area contributed by atoms with Crippen molar-refractivity contribution in [3.05, 3.63) is 0 Å². The molecule has 2 atom stereocenters. The second-order valence-corrected chi connectivity index (χ2v) is 4.46. The standard InChI is InChI=1S/C12H20N2O6/c1-7(11(17)18)13-9(15)5-3-4-6-10(16)14-8(2)12(19)20/h7-8H,3-6H2,1-2H3,(H,13,15)(H,14,16)(H,17,18)(H,19,20). The summed E-state index contributed by atoms with van der Waals surface area (Å²) in [5.74, 6) is -3.00. The summed E-state index contributed by atoms with van der Waals surface area (Å²) in [5.41, 5.74) is 0. The van der Waals surface area contributed by atoms with Gasteiger partial charge in [-0.15, -0.1) is 0 Å². The van der Waals surface area contributed by atoms with Gasteiger partial charge in [0, 0.05) is 12.8 Å². The summed E-state index contributed by atoms with van der Waals surface area (Å²) in [5, 5.41) is 21.8. The number of carbonyl (C=O) groups excluding carboxylic acids is 2. The number of unbranched alkanes of at least 4 members (excludes halogenated alkanes) is 1. The lowest BCUT2D eigenvalue weighted by Crippen LogP contribution is -2.38. The van der Waals surface area contributed by atoms with E-state index in [0.717, 1.165) is 0 Å². The molecule has 0 radical (unpaired) electrons. The van der Waals surface area contributed by atoms with Crippen molar-refractivity contribution in [1.29, 1.82) is 0 Å². The van der Waals surface area contributed by atoms with Crippen LogP contribution in [0.1, 0.15) is 39.5 Å². The van der Waals surface area contributed by atoms with Crippen molar-refractivity contribution >= 4 is 23.8 Å². The number of rotatable bonds is 9. The molecule has 4 N–H and O–H groups in total. The Balaban J connectivity index is 3.76. The number of hydrogen-bond donors (Lipinski definition) is 4. The molecule has 2 amide bonds. The van der Waals surface area contributed by atoms with Crippen molar-refractivity contribution < 1.29 is 29.4 Å². The average Bonchev–Trinajstić information content (AvgIpc) is 2.34. The molecule has 0 aliphatic heterocycles. The van der Waals surface area contributed by atoms with Crippen LogP contribution in [-0.2, 0) is 19.2 Å². The summed E-state index contributed by atoms with van der Waals surface area (Å²) in [6.07, 6.45) is 1.10. The molecule has 0 aliphatic carbocycles. The van der Waals surface area contributed by atoms with Crippen LogP contribution in [0.25, 0.3) is 0 Å². The lowest BCUT2D eigenvalue weighted by atomic mass is 10.1. The predicted molar refractivity (Wildman–Crippen MR) is 68.9 cm³/mol. The van der Waals surface area contributed by atoms with Gasteiger partial charge in [-0.25, -0.2) is 0 Å². The van der Waals surface area contributed by atoms with Gasteiger partial charge < -0.3 is 20.8 Å². The minimum absolute atomic E-state index is 0.124. The molecule has 0 spiro atoms. The Labute approximate surface area is 116 Å². The van der Waals surface area contributed by atoms with Gasteiger partial charge >= 0.3 is 11.9 Å². The first-order chi connectivity index (χ1) is 9.23. The molecule has 20 heavy (non-hydrogen) atoms. The van der Waals surface area contributed by atoms with Crippen molar-refractivity contribution in [2.45, 2.75) is 51.6 Å². The van der Waals surface area contributed by atoms with Gasteiger partial charge in [-0.2, -0.15) is 0 Å². The Bertz CT molecular complexity index is 346. The van der Waals surface area contributed by atoms with Crippen LogP contribution in [0.15, 0.2) is 0 Å². The number of carboxylic acid groups (broad SMARTS) is 2. The third-order valence-electron chi connectivity index (χ3n) is 2.55. The maximum atomic E-state index is 11.3. The zero-order chi connectivity index (χ0) is 15.7. The molecule has 0 saturated heterocycles. The van der Waals surface area contributed by atoms with E-state index in [9.17, 15) is 19.2 Å². The summed E-state index contributed by atoms with van der Waals surface area (Å²) in [7, 11) is 0. The minimum atomic E-state index is -1.11. The van der Waals surface area contributed by atoms with Crippen LogP contribution < -0.4 is 10.6 Å². The summed E-state index contributed by atoms with van der Waals surface area (Å²) in [6, 6.07) is -1.88. The highest BCUT2D eigenvalue weighted by molar-refractivity contribution is 5.84. The Morgan fingerprint density at radius 3 is 1.35 bits per heavy atom. The van der Waals surface area contributed by atoms with E-state index in [1.165, 1.54) is 13.8 Å². The van der Waals surface area contributed by atoms with Crippen LogP contribution in [-0.4, -0.2) is 46.0 Å². The zero-order valence-corrected chi connectivity index (χ0v) is 11.5. The fraction of sp³-hybridized carbons (Fsp3) is 0.667. The lowest BCUT2D eigenvalue weighted by Gasteiger charge is -2.10. The van der Waals surface area contributed by atoms with E-state index in [4.69, 9.17) is 10.2 Å². The third-order valence-corrected chi connectivity index (χ3v) is 2.55. The van der Waals surface area contributed by atoms with Gasteiger partial charge in [0.15, 0.2) is 0 Å². The van der Waals surface area contributed by atoms with Crippen LogP contribution in [0.2, 0.25) is 0 Å². The third kappa shape index (κ3) is 8.06. The molecule has 114 valence electrons. The maximum absolute atomic E-state index is 11.3. The number of aliphatic carboxylic acids is 2. The highest BCUT2D eigenvalue weighted by Crippen LogP contribution is 2.01. The predicted octanol–water partition coefficient (Wildman–Crippen LogP) is -0.275. The molecule has 0 aromatic carbocycles. The van der Waals surface area contributed by atoms with Gasteiger partial charge in [-0.1, -0.05) is 0 Å². The van der Waals surface area contributed by atoms with Crippen molar-refractivity contribution in [1.82, 2.24) is 10.6 Å². The quantitative estimate of drug-likeness (QED) is 0.431. The van der Waals surface area contributed by atoms with Crippen LogP contribution in [0, 0.1) is 0 Å². The molecule has 0 aliphatic rings. The molecule has 0 fully saturated rings. The van der Waals surface area contributed by atoms with E-state index in [0.29, 0.717) is 12.8 Å². The van der Waals surface area contributed by atoms with Gasteiger partial charge in [0.25, 0.3) is 0 Å². The SMILES string of the molecule is CC(NC(=O)CCCCC(=O)NC(C)C(=O)O)C(=O)O. The molecular formula is C12H20N2O6. The van der Waals surface area contributed by atoms with Crippen molar-refractivity contribution in [2.75, 3.05) is 0 Å². The zero-order valence-electron chi connectivity index (χ0n) is 11.5. The van der Waals surface area contributed by atoms with Gasteiger partial charge in [-0.05, 0) is 26.7 Å². The molecule has 0 saturated carbocycles. The summed E-state index contributed by atoms with van der Waals surface area (Å²) in [4.78, 5) is 43.6. The Hall–Kier alpha value is -2.12. The second-order valence-electron chi connectivity index (χ2n) is 4.46. The summed E-state index contributed by atoms with van der Waals surface area (Å²) < 4.78 is 0. The summed E-state index contributed by atoms with van der Waals surface area (Å²) in [6.45, 7) is 2.72. The van der Waals surface area contributed by atoms with Gasteiger partial charge in [-0.3, -0.25) is 19.2 Å². The van der Waals surface area contributed by atoms with Crippen molar-refractivity contribution in [3.63, 3.8) is 0 Å². The monoisotopic (exact) mass is 288 g/mol. The fourth-order valence-electron chi connectivity index (χ4n) is 1.32. The van der Waals surface area contributed by atoms with E-state index in [1.54, 1.807) is 0 Å². The number of hydrogen-bond acceptors (Lipinski definition) is 4. The number of amides is 2. The first-order valence-corrected chi connectivity index (χ1v) is 6.28. The molecule has 0 heterocycles. The van der Waals surface area contributed by atoms with E-state index in [2.05, 4.69) is 10.6 Å². The second kappa shape index (κ2) is 8.89. The molecule has 8 nitrogen and oxygen atoms in total. The highest BCUT2D eigenvalue weighted by atomic mass is 16.4. The Morgan fingerprint density at radius 1 is 0.800 bits per heavy atom. The van der Waals surface area contributed by atoms with Crippen LogP contribution in [0.5, 0.6) is 0 Å². The Kier molecular flexibility index (Phi) is 7.95. The maximum Gasteiger partial charge on any atom is 0.325 e. The van der Waals surface area contributed by atoms with E-state index in [-0.39, 0.29) is 24.7 Å².